The van der Waals surface area contributed by atoms with Crippen LogP contribution < -0.4 is 16.6 Å². The number of carbonyl (C=O) groups is 2. The Labute approximate surface area is 127 Å². The summed E-state index contributed by atoms with van der Waals surface area (Å²) in [6.45, 7) is 4.60. The van der Waals surface area contributed by atoms with Crippen molar-refractivity contribution in [2.45, 2.75) is 19.5 Å². The summed E-state index contributed by atoms with van der Waals surface area (Å²) in [7, 11) is 0. The second kappa shape index (κ2) is 7.51. The van der Waals surface area contributed by atoms with Gasteiger partial charge in [0.25, 0.3) is 5.91 Å². The monoisotopic (exact) mass is 312 g/mol. The first-order valence-corrected chi connectivity index (χ1v) is 7.72. The molecule has 0 aromatic carbocycles. The first-order chi connectivity index (χ1) is 10.2. The van der Waals surface area contributed by atoms with E-state index in [9.17, 15) is 9.59 Å². The van der Waals surface area contributed by atoms with Crippen LogP contribution in [0.5, 0.6) is 0 Å². The fraction of sp³-hybridized carbons (Fsp3) is 0.538. The van der Waals surface area contributed by atoms with Gasteiger partial charge in [0.05, 0.1) is 18.1 Å². The lowest BCUT2D eigenvalue weighted by Crippen LogP contribution is -2.53. The summed E-state index contributed by atoms with van der Waals surface area (Å²) in [6.07, 6.45) is 0. The Morgan fingerprint density at radius 1 is 1.57 bits per heavy atom. The van der Waals surface area contributed by atoms with Crippen LogP contribution in [-0.2, 0) is 16.1 Å². The van der Waals surface area contributed by atoms with Gasteiger partial charge in [-0.05, 0) is 23.9 Å². The molecule has 2 amide bonds. The maximum Gasteiger partial charge on any atom is 0.275 e. The molecular formula is C13H20N4O3S. The van der Waals surface area contributed by atoms with Gasteiger partial charge >= 0.3 is 0 Å². The summed E-state index contributed by atoms with van der Waals surface area (Å²) in [5.41, 5.74) is 3.02. The van der Waals surface area contributed by atoms with Gasteiger partial charge in [0, 0.05) is 19.6 Å². The molecule has 0 aliphatic carbocycles. The third-order valence-electron chi connectivity index (χ3n) is 3.35. The zero-order valence-electron chi connectivity index (χ0n) is 11.9. The maximum atomic E-state index is 12.1. The van der Waals surface area contributed by atoms with Crippen molar-refractivity contribution < 1.29 is 14.3 Å². The molecule has 0 saturated carbocycles. The van der Waals surface area contributed by atoms with Gasteiger partial charge in [0.2, 0.25) is 5.91 Å². The van der Waals surface area contributed by atoms with Crippen LogP contribution in [0.3, 0.4) is 0 Å². The summed E-state index contributed by atoms with van der Waals surface area (Å²) in [5.74, 6) is 4.84. The molecule has 8 heteroatoms. The smallest absolute Gasteiger partial charge is 0.275 e. The van der Waals surface area contributed by atoms with Crippen molar-refractivity contribution in [1.29, 1.82) is 0 Å². The number of nitrogens with zero attached hydrogens (tertiary/aromatic N) is 1. The molecule has 0 bridgehead atoms. The SMILES string of the molecule is CCNC(=O)C1COCCN1Cc1ccsc1C(=O)NN. The number of likely N-dealkylation sites (N-methyl/N-ethyl adjacent to an activating group) is 1. The average molecular weight is 312 g/mol. The molecule has 1 aliphatic rings. The van der Waals surface area contributed by atoms with E-state index in [0.717, 1.165) is 5.56 Å². The van der Waals surface area contributed by atoms with Crippen LogP contribution in [0, 0.1) is 0 Å². The van der Waals surface area contributed by atoms with Crippen molar-refractivity contribution in [2.24, 2.45) is 5.84 Å². The molecule has 7 nitrogen and oxygen atoms in total. The highest BCUT2D eigenvalue weighted by atomic mass is 32.1. The molecule has 1 aromatic rings. The molecule has 1 aromatic heterocycles. The zero-order chi connectivity index (χ0) is 15.2. The molecule has 4 N–H and O–H groups in total. The van der Waals surface area contributed by atoms with Gasteiger partial charge in [-0.2, -0.15) is 0 Å². The molecule has 21 heavy (non-hydrogen) atoms. The fourth-order valence-electron chi connectivity index (χ4n) is 2.30. The molecule has 1 aliphatic heterocycles. The van der Waals surface area contributed by atoms with Gasteiger partial charge in [-0.25, -0.2) is 5.84 Å². The molecule has 0 spiro atoms. The van der Waals surface area contributed by atoms with E-state index in [2.05, 4.69) is 10.7 Å². The summed E-state index contributed by atoms with van der Waals surface area (Å²) in [6, 6.07) is 1.56. The topological polar surface area (TPSA) is 96.7 Å². The van der Waals surface area contributed by atoms with E-state index < -0.39 is 0 Å². The number of nitrogen functional groups attached to an aromatic ring is 1. The van der Waals surface area contributed by atoms with Crippen molar-refractivity contribution >= 4 is 23.2 Å². The summed E-state index contributed by atoms with van der Waals surface area (Å²) in [4.78, 5) is 26.4. The number of rotatable bonds is 5. The standard InChI is InChI=1S/C13H20N4O3S/c1-2-15-12(18)10-8-20-5-4-17(10)7-9-3-6-21-11(9)13(19)16-14/h3,6,10H,2,4-5,7-8,14H2,1H3,(H,15,18)(H,16,19). The minimum absolute atomic E-state index is 0.0442. The Morgan fingerprint density at radius 2 is 2.38 bits per heavy atom. The van der Waals surface area contributed by atoms with E-state index in [1.54, 1.807) is 0 Å². The molecular weight excluding hydrogens is 292 g/mol. The number of nitrogens with two attached hydrogens (primary N) is 1. The molecule has 2 heterocycles. The number of thiophene rings is 1. The molecule has 0 radical (unpaired) electrons. The van der Waals surface area contributed by atoms with Gasteiger partial charge in [-0.3, -0.25) is 19.9 Å². The number of amides is 2. The van der Waals surface area contributed by atoms with Crippen LogP contribution in [0.15, 0.2) is 11.4 Å². The highest BCUT2D eigenvalue weighted by Gasteiger charge is 2.30. The van der Waals surface area contributed by atoms with Crippen molar-refractivity contribution in [2.75, 3.05) is 26.3 Å². The number of hydrazine groups is 1. The second-order valence-electron chi connectivity index (χ2n) is 4.70. The van der Waals surface area contributed by atoms with Gasteiger partial charge < -0.3 is 10.1 Å². The number of ether oxygens (including phenoxy) is 1. The molecule has 1 saturated heterocycles. The first-order valence-electron chi connectivity index (χ1n) is 6.84. The van der Waals surface area contributed by atoms with Crippen LogP contribution in [0.1, 0.15) is 22.2 Å². The third kappa shape index (κ3) is 3.79. The van der Waals surface area contributed by atoms with Crippen molar-refractivity contribution in [1.82, 2.24) is 15.6 Å². The van der Waals surface area contributed by atoms with E-state index in [-0.39, 0.29) is 17.9 Å². The number of morpholine rings is 1. The first kappa shape index (κ1) is 15.9. The Hall–Kier alpha value is -1.48. The third-order valence-corrected chi connectivity index (χ3v) is 4.31. The van der Waals surface area contributed by atoms with Crippen molar-refractivity contribution in [3.8, 4) is 0 Å². The fourth-order valence-corrected chi connectivity index (χ4v) is 3.12. The van der Waals surface area contributed by atoms with E-state index in [1.165, 1.54) is 11.3 Å². The van der Waals surface area contributed by atoms with Gasteiger partial charge in [-0.1, -0.05) is 0 Å². The van der Waals surface area contributed by atoms with Gasteiger partial charge in [-0.15, -0.1) is 11.3 Å². The minimum atomic E-state index is -0.326. The second-order valence-corrected chi connectivity index (χ2v) is 5.62. The van der Waals surface area contributed by atoms with Gasteiger partial charge in [0.1, 0.15) is 6.04 Å². The minimum Gasteiger partial charge on any atom is -0.378 e. The number of hydrogen-bond acceptors (Lipinski definition) is 6. The van der Waals surface area contributed by atoms with Crippen molar-refractivity contribution in [3.05, 3.63) is 21.9 Å². The Balaban J connectivity index is 2.11. The molecule has 1 atom stereocenters. The van der Waals surface area contributed by atoms with E-state index in [0.29, 0.717) is 37.7 Å². The predicted octanol–water partition coefficient (Wildman–Crippen LogP) is -0.311. The lowest BCUT2D eigenvalue weighted by molar-refractivity contribution is -0.132. The largest absolute Gasteiger partial charge is 0.378 e. The summed E-state index contributed by atoms with van der Waals surface area (Å²) >= 11 is 1.34. The molecule has 116 valence electrons. The lowest BCUT2D eigenvalue weighted by Gasteiger charge is -2.34. The number of nitrogens with one attached hydrogen (secondary N) is 2. The zero-order valence-corrected chi connectivity index (χ0v) is 12.7. The highest BCUT2D eigenvalue weighted by Crippen LogP contribution is 2.20. The van der Waals surface area contributed by atoms with Crippen LogP contribution in [0.4, 0.5) is 0 Å². The number of carbonyl (C=O) groups excluding carboxylic acids is 2. The van der Waals surface area contributed by atoms with Crippen molar-refractivity contribution in [3.63, 3.8) is 0 Å². The van der Waals surface area contributed by atoms with Crippen LogP contribution in [0.2, 0.25) is 0 Å². The predicted molar refractivity (Wildman–Crippen MR) is 79.7 cm³/mol. The molecule has 2 rings (SSSR count). The van der Waals surface area contributed by atoms with Crippen LogP contribution in [0.25, 0.3) is 0 Å². The number of hydrogen-bond donors (Lipinski definition) is 3. The average Bonchev–Trinajstić information content (AvgIpc) is 2.95. The Kier molecular flexibility index (Phi) is 5.68. The van der Waals surface area contributed by atoms with E-state index in [4.69, 9.17) is 10.6 Å². The van der Waals surface area contributed by atoms with Crippen LogP contribution >= 0.6 is 11.3 Å². The Morgan fingerprint density at radius 3 is 3.10 bits per heavy atom. The Bertz CT molecular complexity index is 505. The lowest BCUT2D eigenvalue weighted by atomic mass is 10.1. The van der Waals surface area contributed by atoms with E-state index in [1.807, 2.05) is 23.3 Å². The molecule has 1 fully saturated rings. The normalized spacial score (nSPS) is 19.2. The quantitative estimate of drug-likeness (QED) is 0.394. The summed E-state index contributed by atoms with van der Waals surface area (Å²) in [5, 5.41) is 4.66. The van der Waals surface area contributed by atoms with E-state index >= 15 is 0 Å². The summed E-state index contributed by atoms with van der Waals surface area (Å²) < 4.78 is 5.40. The van der Waals surface area contributed by atoms with Crippen LogP contribution in [-0.4, -0.2) is 49.1 Å². The highest BCUT2D eigenvalue weighted by molar-refractivity contribution is 7.12. The molecule has 1 unspecified atom stereocenters. The maximum absolute atomic E-state index is 12.1. The van der Waals surface area contributed by atoms with Gasteiger partial charge in [0.15, 0.2) is 0 Å².